The SMILES string of the molecule is Cc1ccc(-c2cn([C@@H]3C[C@@H](O)[C@H](CO)O3)c(=O)[nH]c2=O)o1. The highest BCUT2D eigenvalue weighted by atomic mass is 16.5. The van der Waals surface area contributed by atoms with Crippen molar-refractivity contribution in [2.45, 2.75) is 31.8 Å². The summed E-state index contributed by atoms with van der Waals surface area (Å²) in [7, 11) is 0. The van der Waals surface area contributed by atoms with Gasteiger partial charge in [0.15, 0.2) is 0 Å². The molecule has 0 aliphatic carbocycles. The molecule has 22 heavy (non-hydrogen) atoms. The molecule has 3 atom stereocenters. The van der Waals surface area contributed by atoms with Crippen LogP contribution >= 0.6 is 0 Å². The third-order valence-electron chi connectivity index (χ3n) is 3.67. The van der Waals surface area contributed by atoms with E-state index < -0.39 is 29.7 Å². The topological polar surface area (TPSA) is 118 Å². The zero-order valence-corrected chi connectivity index (χ0v) is 11.9. The minimum Gasteiger partial charge on any atom is -0.461 e. The number of furan rings is 1. The Morgan fingerprint density at radius 1 is 1.41 bits per heavy atom. The summed E-state index contributed by atoms with van der Waals surface area (Å²) in [4.78, 5) is 26.1. The predicted octanol–water partition coefficient (Wildman–Crippen LogP) is -0.254. The van der Waals surface area contributed by atoms with Crippen molar-refractivity contribution >= 4 is 0 Å². The lowest BCUT2D eigenvalue weighted by Gasteiger charge is -2.14. The molecule has 2 aromatic heterocycles. The van der Waals surface area contributed by atoms with Gasteiger partial charge in [0, 0.05) is 12.6 Å². The Balaban J connectivity index is 2.03. The number of aliphatic hydroxyl groups is 2. The quantitative estimate of drug-likeness (QED) is 0.719. The highest BCUT2D eigenvalue weighted by Gasteiger charge is 2.35. The van der Waals surface area contributed by atoms with E-state index in [1.807, 2.05) is 0 Å². The molecule has 118 valence electrons. The van der Waals surface area contributed by atoms with Crippen molar-refractivity contribution in [1.82, 2.24) is 9.55 Å². The molecular formula is C14H16N2O6. The molecule has 0 bridgehead atoms. The summed E-state index contributed by atoms with van der Waals surface area (Å²) in [5.41, 5.74) is -1.01. The highest BCUT2D eigenvalue weighted by molar-refractivity contribution is 5.54. The lowest BCUT2D eigenvalue weighted by molar-refractivity contribution is -0.0458. The number of aryl methyl sites for hydroxylation is 1. The molecule has 0 amide bonds. The number of nitrogens with zero attached hydrogens (tertiary/aromatic N) is 1. The number of aliphatic hydroxyl groups excluding tert-OH is 2. The first kappa shape index (κ1) is 14.8. The zero-order chi connectivity index (χ0) is 15.9. The van der Waals surface area contributed by atoms with Gasteiger partial charge in [0.25, 0.3) is 5.56 Å². The maximum Gasteiger partial charge on any atom is 0.330 e. The van der Waals surface area contributed by atoms with E-state index in [2.05, 4.69) is 4.98 Å². The van der Waals surface area contributed by atoms with Crippen molar-refractivity contribution in [3.8, 4) is 11.3 Å². The Bertz CT molecular complexity index is 789. The molecule has 3 rings (SSSR count). The summed E-state index contributed by atoms with van der Waals surface area (Å²) in [5.74, 6) is 0.977. The smallest absolute Gasteiger partial charge is 0.330 e. The van der Waals surface area contributed by atoms with Crippen molar-refractivity contribution < 1.29 is 19.4 Å². The standard InChI is InChI=1S/C14H16N2O6/c1-7-2-3-10(21-7)8-5-16(14(20)15-13(8)19)12-4-9(18)11(6-17)22-12/h2-3,5,9,11-12,17-18H,4,6H2,1H3,(H,15,19,20)/t9-,11+,12+/m1/s1. The number of aromatic amines is 1. The van der Waals surface area contributed by atoms with Crippen LogP contribution in [-0.4, -0.2) is 38.6 Å². The molecule has 0 saturated carbocycles. The fourth-order valence-corrected chi connectivity index (χ4v) is 2.50. The lowest BCUT2D eigenvalue weighted by atomic mass is 10.2. The average Bonchev–Trinajstić information content (AvgIpc) is 3.05. The first-order chi connectivity index (χ1) is 10.5. The van der Waals surface area contributed by atoms with Gasteiger partial charge >= 0.3 is 5.69 Å². The summed E-state index contributed by atoms with van der Waals surface area (Å²) < 4.78 is 12.0. The first-order valence-corrected chi connectivity index (χ1v) is 6.86. The van der Waals surface area contributed by atoms with Crippen LogP contribution in [0.4, 0.5) is 0 Å². The number of nitrogens with one attached hydrogen (secondary N) is 1. The van der Waals surface area contributed by atoms with E-state index in [0.717, 1.165) is 0 Å². The van der Waals surface area contributed by atoms with Gasteiger partial charge in [-0.05, 0) is 19.1 Å². The molecule has 8 heteroatoms. The van der Waals surface area contributed by atoms with Crippen LogP contribution in [0.15, 0.2) is 32.3 Å². The monoisotopic (exact) mass is 308 g/mol. The summed E-state index contributed by atoms with van der Waals surface area (Å²) >= 11 is 0. The first-order valence-electron chi connectivity index (χ1n) is 6.86. The van der Waals surface area contributed by atoms with Crippen LogP contribution in [0, 0.1) is 6.92 Å². The van der Waals surface area contributed by atoms with Gasteiger partial charge < -0.3 is 19.4 Å². The number of ether oxygens (including phenoxy) is 1. The van der Waals surface area contributed by atoms with Gasteiger partial charge in [-0.25, -0.2) is 4.79 Å². The number of rotatable bonds is 3. The summed E-state index contributed by atoms with van der Waals surface area (Å²) in [6, 6.07) is 3.34. The van der Waals surface area contributed by atoms with Crippen LogP contribution in [0.2, 0.25) is 0 Å². The van der Waals surface area contributed by atoms with Gasteiger partial charge in [0.1, 0.15) is 23.9 Å². The van der Waals surface area contributed by atoms with Crippen LogP contribution in [0.5, 0.6) is 0 Å². The van der Waals surface area contributed by atoms with Crippen LogP contribution in [0.3, 0.4) is 0 Å². The third-order valence-corrected chi connectivity index (χ3v) is 3.67. The molecule has 1 aliphatic rings. The molecule has 8 nitrogen and oxygen atoms in total. The minimum absolute atomic E-state index is 0.147. The molecule has 0 radical (unpaired) electrons. The van der Waals surface area contributed by atoms with Gasteiger partial charge in [-0.15, -0.1) is 0 Å². The van der Waals surface area contributed by atoms with Crippen molar-refractivity contribution in [1.29, 1.82) is 0 Å². The highest BCUT2D eigenvalue weighted by Crippen LogP contribution is 2.28. The third kappa shape index (κ3) is 2.52. The van der Waals surface area contributed by atoms with Crippen molar-refractivity contribution in [3.63, 3.8) is 0 Å². The molecule has 1 fully saturated rings. The van der Waals surface area contributed by atoms with Crippen LogP contribution in [-0.2, 0) is 4.74 Å². The van der Waals surface area contributed by atoms with E-state index in [9.17, 15) is 14.7 Å². The molecule has 0 unspecified atom stereocenters. The van der Waals surface area contributed by atoms with E-state index >= 15 is 0 Å². The predicted molar refractivity (Wildman–Crippen MR) is 75.4 cm³/mol. The number of H-pyrrole nitrogens is 1. The van der Waals surface area contributed by atoms with Crippen LogP contribution in [0.1, 0.15) is 18.4 Å². The second kappa shape index (κ2) is 5.56. The van der Waals surface area contributed by atoms with E-state index in [0.29, 0.717) is 11.5 Å². The fraction of sp³-hybridized carbons (Fsp3) is 0.429. The van der Waals surface area contributed by atoms with Crippen molar-refractivity contribution in [3.05, 3.63) is 44.9 Å². The summed E-state index contributed by atoms with van der Waals surface area (Å²) in [5, 5.41) is 18.9. The molecule has 1 aliphatic heterocycles. The number of aromatic nitrogens is 2. The number of hydrogen-bond donors (Lipinski definition) is 3. The molecule has 2 aromatic rings. The molecule has 0 aromatic carbocycles. The van der Waals surface area contributed by atoms with E-state index in [-0.39, 0.29) is 18.6 Å². The summed E-state index contributed by atoms with van der Waals surface area (Å²) in [6.45, 7) is 1.40. The van der Waals surface area contributed by atoms with E-state index in [1.165, 1.54) is 10.8 Å². The van der Waals surface area contributed by atoms with Crippen LogP contribution in [0.25, 0.3) is 11.3 Å². The second-order valence-corrected chi connectivity index (χ2v) is 5.23. The van der Waals surface area contributed by atoms with Gasteiger partial charge in [-0.2, -0.15) is 0 Å². The Kier molecular flexibility index (Phi) is 3.73. The lowest BCUT2D eigenvalue weighted by Crippen LogP contribution is -2.33. The Labute approximate surface area is 124 Å². The molecule has 3 heterocycles. The van der Waals surface area contributed by atoms with Crippen molar-refractivity contribution in [2.24, 2.45) is 0 Å². The van der Waals surface area contributed by atoms with E-state index in [1.54, 1.807) is 19.1 Å². The maximum absolute atomic E-state index is 12.0. The van der Waals surface area contributed by atoms with Gasteiger partial charge in [0.05, 0.1) is 18.3 Å². The van der Waals surface area contributed by atoms with Crippen LogP contribution < -0.4 is 11.2 Å². The Hall–Kier alpha value is -2.16. The molecule has 0 spiro atoms. The zero-order valence-electron chi connectivity index (χ0n) is 11.9. The Morgan fingerprint density at radius 2 is 2.18 bits per heavy atom. The Morgan fingerprint density at radius 3 is 2.77 bits per heavy atom. The normalized spacial score (nSPS) is 24.8. The molecule has 1 saturated heterocycles. The van der Waals surface area contributed by atoms with E-state index in [4.69, 9.17) is 14.3 Å². The van der Waals surface area contributed by atoms with Gasteiger partial charge in [-0.3, -0.25) is 14.3 Å². The maximum atomic E-state index is 12.0. The second-order valence-electron chi connectivity index (χ2n) is 5.23. The molecular weight excluding hydrogens is 292 g/mol. The van der Waals surface area contributed by atoms with Gasteiger partial charge in [-0.1, -0.05) is 0 Å². The number of hydrogen-bond acceptors (Lipinski definition) is 6. The minimum atomic E-state index is -0.872. The van der Waals surface area contributed by atoms with Crippen molar-refractivity contribution in [2.75, 3.05) is 6.61 Å². The fourth-order valence-electron chi connectivity index (χ4n) is 2.50. The molecule has 3 N–H and O–H groups in total. The largest absolute Gasteiger partial charge is 0.461 e. The van der Waals surface area contributed by atoms with Gasteiger partial charge in [0.2, 0.25) is 0 Å². The average molecular weight is 308 g/mol. The summed E-state index contributed by atoms with van der Waals surface area (Å²) in [6.07, 6.45) is -0.891.